The molecule has 0 unspecified atom stereocenters. The summed E-state index contributed by atoms with van der Waals surface area (Å²) in [5.41, 5.74) is 8.61. The normalized spacial score (nSPS) is 10.6. The number of aryl methyl sites for hydroxylation is 1. The maximum Gasteiger partial charge on any atom is 0.219 e. The highest BCUT2D eigenvalue weighted by Crippen LogP contribution is 2.30. The van der Waals surface area contributed by atoms with Crippen molar-refractivity contribution in [2.45, 2.75) is 26.7 Å². The molecular weight excluding hydrogens is 268 g/mol. The third kappa shape index (κ3) is 3.33. The first kappa shape index (κ1) is 14.5. The number of ether oxygens (including phenoxy) is 1. The molecule has 0 bridgehead atoms. The molecule has 2 aromatic rings. The maximum atomic E-state index is 5.89. The van der Waals surface area contributed by atoms with E-state index >= 15 is 0 Å². The number of nitrogens with two attached hydrogens (primary N) is 1. The van der Waals surface area contributed by atoms with Crippen LogP contribution in [0.5, 0.6) is 11.6 Å². The highest BCUT2D eigenvalue weighted by molar-refractivity contribution is 7.80. The van der Waals surface area contributed by atoms with Gasteiger partial charge in [0.15, 0.2) is 0 Å². The van der Waals surface area contributed by atoms with E-state index in [1.165, 1.54) is 0 Å². The lowest BCUT2D eigenvalue weighted by atomic mass is 10.0. The first-order chi connectivity index (χ1) is 9.47. The van der Waals surface area contributed by atoms with Gasteiger partial charge in [-0.25, -0.2) is 4.98 Å². The first-order valence-electron chi connectivity index (χ1n) is 6.51. The van der Waals surface area contributed by atoms with Gasteiger partial charge < -0.3 is 10.5 Å². The Balaban J connectivity index is 2.29. The highest BCUT2D eigenvalue weighted by Gasteiger charge is 2.10. The van der Waals surface area contributed by atoms with E-state index in [9.17, 15) is 0 Å². The number of rotatable bonds is 4. The Hall–Kier alpha value is -1.94. The van der Waals surface area contributed by atoms with E-state index in [1.54, 1.807) is 12.3 Å². The van der Waals surface area contributed by atoms with Gasteiger partial charge in [-0.15, -0.1) is 0 Å². The average Bonchev–Trinajstić information content (AvgIpc) is 2.39. The van der Waals surface area contributed by atoms with Crippen LogP contribution in [-0.4, -0.2) is 9.97 Å². The fourth-order valence-electron chi connectivity index (χ4n) is 1.91. The van der Waals surface area contributed by atoms with Crippen LogP contribution < -0.4 is 10.5 Å². The number of pyridine rings is 1. The van der Waals surface area contributed by atoms with E-state index in [0.717, 1.165) is 22.4 Å². The lowest BCUT2D eigenvalue weighted by Gasteiger charge is -2.14. The Labute approximate surface area is 124 Å². The summed E-state index contributed by atoms with van der Waals surface area (Å²) in [7, 11) is 0. The zero-order valence-electron chi connectivity index (χ0n) is 11.9. The summed E-state index contributed by atoms with van der Waals surface area (Å²) in [6.45, 7) is 6.32. The standard InChI is InChI=1S/C16H18N2OS/c1-10(2)13-6-4-11(3)8-14(13)19-15-7-5-12(9-18-15)16(17)20/h4-10H,1-3H3,(H2,17,20). The van der Waals surface area contributed by atoms with Crippen molar-refractivity contribution in [3.63, 3.8) is 0 Å². The summed E-state index contributed by atoms with van der Waals surface area (Å²) in [6, 6.07) is 9.80. The topological polar surface area (TPSA) is 48.1 Å². The van der Waals surface area contributed by atoms with Crippen molar-refractivity contribution in [2.75, 3.05) is 0 Å². The molecule has 2 N–H and O–H groups in total. The summed E-state index contributed by atoms with van der Waals surface area (Å²) in [6.07, 6.45) is 1.63. The third-order valence-electron chi connectivity index (χ3n) is 3.03. The van der Waals surface area contributed by atoms with Crippen LogP contribution in [0.2, 0.25) is 0 Å². The molecule has 0 fully saturated rings. The Kier molecular flexibility index (Phi) is 4.35. The summed E-state index contributed by atoms with van der Waals surface area (Å²) in [4.78, 5) is 4.57. The molecule has 3 nitrogen and oxygen atoms in total. The van der Waals surface area contributed by atoms with Crippen LogP contribution in [0.15, 0.2) is 36.5 Å². The van der Waals surface area contributed by atoms with Crippen molar-refractivity contribution in [1.29, 1.82) is 0 Å². The number of nitrogens with zero attached hydrogens (tertiary/aromatic N) is 1. The second-order valence-electron chi connectivity index (χ2n) is 5.05. The molecule has 0 saturated carbocycles. The predicted molar refractivity (Wildman–Crippen MR) is 85.5 cm³/mol. The molecule has 1 heterocycles. The van der Waals surface area contributed by atoms with Gasteiger partial charge in [0.2, 0.25) is 5.88 Å². The third-order valence-corrected chi connectivity index (χ3v) is 3.26. The Morgan fingerprint density at radius 3 is 2.55 bits per heavy atom. The SMILES string of the molecule is Cc1ccc(C(C)C)c(Oc2ccc(C(N)=S)cn2)c1. The van der Waals surface area contributed by atoms with E-state index in [4.69, 9.17) is 22.7 Å². The van der Waals surface area contributed by atoms with Gasteiger partial charge in [0.05, 0.1) is 0 Å². The summed E-state index contributed by atoms with van der Waals surface area (Å²) < 4.78 is 5.89. The lowest BCUT2D eigenvalue weighted by Crippen LogP contribution is -2.09. The number of aromatic nitrogens is 1. The van der Waals surface area contributed by atoms with E-state index in [2.05, 4.69) is 31.0 Å². The smallest absolute Gasteiger partial charge is 0.219 e. The molecule has 2 rings (SSSR count). The monoisotopic (exact) mass is 286 g/mol. The lowest BCUT2D eigenvalue weighted by molar-refractivity contribution is 0.454. The minimum absolute atomic E-state index is 0.336. The largest absolute Gasteiger partial charge is 0.439 e. The molecule has 20 heavy (non-hydrogen) atoms. The van der Waals surface area contributed by atoms with Gasteiger partial charge in [0.25, 0.3) is 0 Å². The zero-order chi connectivity index (χ0) is 14.7. The average molecular weight is 286 g/mol. The molecule has 0 aliphatic rings. The van der Waals surface area contributed by atoms with E-state index in [-0.39, 0.29) is 0 Å². The molecule has 4 heteroatoms. The van der Waals surface area contributed by atoms with Crippen LogP contribution in [0.1, 0.15) is 36.5 Å². The van der Waals surface area contributed by atoms with Crippen LogP contribution in [0.25, 0.3) is 0 Å². The molecule has 0 aliphatic carbocycles. The maximum absolute atomic E-state index is 5.89. The van der Waals surface area contributed by atoms with Gasteiger partial charge in [0.1, 0.15) is 10.7 Å². The van der Waals surface area contributed by atoms with Crippen LogP contribution in [0.4, 0.5) is 0 Å². The zero-order valence-corrected chi connectivity index (χ0v) is 12.7. The summed E-state index contributed by atoms with van der Waals surface area (Å²) in [5, 5.41) is 0. The van der Waals surface area contributed by atoms with E-state index < -0.39 is 0 Å². The summed E-state index contributed by atoms with van der Waals surface area (Å²) in [5.74, 6) is 1.77. The molecule has 0 saturated heterocycles. The molecule has 104 valence electrons. The fourth-order valence-corrected chi connectivity index (χ4v) is 2.03. The van der Waals surface area contributed by atoms with Crippen molar-refractivity contribution in [2.24, 2.45) is 5.73 Å². The van der Waals surface area contributed by atoms with Crippen molar-refractivity contribution < 1.29 is 4.74 Å². The Bertz CT molecular complexity index is 621. The van der Waals surface area contributed by atoms with Crippen LogP contribution in [0.3, 0.4) is 0 Å². The molecule has 0 atom stereocenters. The van der Waals surface area contributed by atoms with Crippen molar-refractivity contribution in [3.8, 4) is 11.6 Å². The first-order valence-corrected chi connectivity index (χ1v) is 6.92. The molecule has 0 spiro atoms. The second-order valence-corrected chi connectivity index (χ2v) is 5.49. The molecule has 0 radical (unpaired) electrons. The van der Waals surface area contributed by atoms with Crippen LogP contribution >= 0.6 is 12.2 Å². The molecule has 1 aromatic carbocycles. The van der Waals surface area contributed by atoms with Crippen molar-refractivity contribution >= 4 is 17.2 Å². The molecule has 1 aromatic heterocycles. The highest BCUT2D eigenvalue weighted by atomic mass is 32.1. The van der Waals surface area contributed by atoms with Gasteiger partial charge in [-0.2, -0.15) is 0 Å². The predicted octanol–water partition coefficient (Wildman–Crippen LogP) is 3.94. The molecule has 0 aliphatic heterocycles. The minimum atomic E-state index is 0.336. The number of hydrogen-bond acceptors (Lipinski definition) is 3. The van der Waals surface area contributed by atoms with Crippen molar-refractivity contribution in [3.05, 3.63) is 53.2 Å². The van der Waals surface area contributed by atoms with Gasteiger partial charge in [-0.1, -0.05) is 38.2 Å². The van der Waals surface area contributed by atoms with Gasteiger partial charge >= 0.3 is 0 Å². The van der Waals surface area contributed by atoms with Gasteiger partial charge in [-0.05, 0) is 36.1 Å². The number of thiocarbonyl (C=S) groups is 1. The van der Waals surface area contributed by atoms with Crippen molar-refractivity contribution in [1.82, 2.24) is 4.98 Å². The number of benzene rings is 1. The quantitative estimate of drug-likeness (QED) is 0.865. The second kappa shape index (κ2) is 6.01. The minimum Gasteiger partial charge on any atom is -0.439 e. The summed E-state index contributed by atoms with van der Waals surface area (Å²) >= 11 is 4.90. The van der Waals surface area contributed by atoms with Gasteiger partial charge in [0, 0.05) is 17.8 Å². The Morgan fingerprint density at radius 1 is 1.25 bits per heavy atom. The van der Waals surface area contributed by atoms with E-state index in [1.807, 2.05) is 19.1 Å². The molecular formula is C16H18N2OS. The Morgan fingerprint density at radius 2 is 2.00 bits per heavy atom. The van der Waals surface area contributed by atoms with E-state index in [0.29, 0.717) is 16.8 Å². The molecule has 0 amide bonds. The van der Waals surface area contributed by atoms with Gasteiger partial charge in [-0.3, -0.25) is 0 Å². The fraction of sp³-hybridized carbons (Fsp3) is 0.250. The number of hydrogen-bond donors (Lipinski definition) is 1. The van der Waals surface area contributed by atoms with Crippen LogP contribution in [-0.2, 0) is 0 Å². The van der Waals surface area contributed by atoms with Crippen LogP contribution in [0, 0.1) is 6.92 Å².